The minimum absolute atomic E-state index is 0.197. The summed E-state index contributed by atoms with van der Waals surface area (Å²) >= 11 is 0. The fourth-order valence-electron chi connectivity index (χ4n) is 10.1. The molecule has 0 saturated carbocycles. The van der Waals surface area contributed by atoms with Crippen LogP contribution in [0.5, 0.6) is 0 Å². The second-order valence-corrected chi connectivity index (χ2v) is 16.2. The Bertz CT molecular complexity index is 2190. The second-order valence-electron chi connectivity index (χ2n) is 16.2. The summed E-state index contributed by atoms with van der Waals surface area (Å²) in [4.78, 5) is 65.5. The highest BCUT2D eigenvalue weighted by atomic mass is 16.2. The number of imide groups is 2. The van der Waals surface area contributed by atoms with Crippen LogP contribution in [0.3, 0.4) is 0 Å². The predicted octanol–water partition coefficient (Wildman–Crippen LogP) is 10.1. The monoisotopic (exact) mass is 724 g/mol. The second kappa shape index (κ2) is 14.2. The van der Waals surface area contributed by atoms with Crippen LogP contribution in [0, 0.1) is 0 Å². The summed E-state index contributed by atoms with van der Waals surface area (Å²) in [5, 5.41) is 7.42. The highest BCUT2D eigenvalue weighted by Gasteiger charge is 2.39. The van der Waals surface area contributed by atoms with E-state index in [2.05, 4.69) is 47.9 Å². The van der Waals surface area contributed by atoms with E-state index in [1.807, 2.05) is 12.1 Å². The lowest BCUT2D eigenvalue weighted by Gasteiger charge is -2.37. The third-order valence-corrected chi connectivity index (χ3v) is 12.8. The molecule has 0 atom stereocenters. The number of amides is 4. The molecule has 4 aliphatic rings. The molecule has 54 heavy (non-hydrogen) atoms. The van der Waals surface area contributed by atoms with E-state index in [1.165, 1.54) is 22.6 Å². The number of carbonyl (C=O) groups is 4. The van der Waals surface area contributed by atoms with Crippen molar-refractivity contribution in [3.8, 4) is 0 Å². The first kappa shape index (κ1) is 35.0. The van der Waals surface area contributed by atoms with Gasteiger partial charge in [0.15, 0.2) is 0 Å². The van der Waals surface area contributed by atoms with Gasteiger partial charge in [0.25, 0.3) is 23.6 Å². The number of carbonyl (C=O) groups excluding carboxylic acids is 4. The van der Waals surface area contributed by atoms with Crippen LogP contribution in [-0.2, 0) is 0 Å². The van der Waals surface area contributed by atoms with Gasteiger partial charge in [0.2, 0.25) is 0 Å². The first-order chi connectivity index (χ1) is 26.4. The molecular formula is C46H52N4O4. The molecule has 9 rings (SSSR count). The van der Waals surface area contributed by atoms with Crippen molar-refractivity contribution >= 4 is 78.1 Å². The summed E-state index contributed by atoms with van der Waals surface area (Å²) in [7, 11) is 0. The van der Waals surface area contributed by atoms with Crippen LogP contribution < -0.4 is 9.80 Å². The molecular weight excluding hydrogens is 673 g/mol. The van der Waals surface area contributed by atoms with Crippen molar-refractivity contribution in [2.75, 3.05) is 49.1 Å². The number of rotatable bonds is 12. The average molecular weight is 725 g/mol. The lowest BCUT2D eigenvalue weighted by atomic mass is 9.80. The first-order valence-corrected chi connectivity index (χ1v) is 20.9. The van der Waals surface area contributed by atoms with Gasteiger partial charge in [0, 0.05) is 88.7 Å². The molecule has 0 unspecified atom stereocenters. The van der Waals surface area contributed by atoms with Gasteiger partial charge in [-0.15, -0.1) is 0 Å². The predicted molar refractivity (Wildman–Crippen MR) is 219 cm³/mol. The molecule has 280 valence electrons. The largest absolute Gasteiger partial charge is 0.371 e. The summed E-state index contributed by atoms with van der Waals surface area (Å²) in [6.45, 7) is 8.72. The van der Waals surface area contributed by atoms with Crippen LogP contribution in [0.1, 0.15) is 145 Å². The number of piperidine rings is 2. The first-order valence-electron chi connectivity index (χ1n) is 20.9. The molecule has 8 nitrogen and oxygen atoms in total. The topological polar surface area (TPSA) is 81.2 Å². The third kappa shape index (κ3) is 5.37. The summed E-state index contributed by atoms with van der Waals surface area (Å²) in [6.07, 6.45) is 14.5. The minimum Gasteiger partial charge on any atom is -0.371 e. The van der Waals surface area contributed by atoms with Crippen molar-refractivity contribution in [3.63, 3.8) is 0 Å². The summed E-state index contributed by atoms with van der Waals surface area (Å²) in [6, 6.07) is 12.2. The molecule has 0 N–H and O–H groups in total. The SMILES string of the molecule is CCCCCCN1C(=O)c2ccc3c4c(N5CCCCC5)cc5c6c(cc(N7CCCCC7)c(c7ccc(c2c37)C1=O)c64)C(=O)N(CCCCCC)C5=O. The number of anilines is 2. The maximum Gasteiger partial charge on any atom is 0.261 e. The Balaban J connectivity index is 1.36. The molecule has 5 aromatic carbocycles. The van der Waals surface area contributed by atoms with E-state index < -0.39 is 0 Å². The highest BCUT2D eigenvalue weighted by Crippen LogP contribution is 2.52. The van der Waals surface area contributed by atoms with E-state index in [-0.39, 0.29) is 23.6 Å². The van der Waals surface area contributed by atoms with Crippen LogP contribution in [0.4, 0.5) is 11.4 Å². The number of unbranched alkanes of at least 4 members (excludes halogenated alkanes) is 6. The lowest BCUT2D eigenvalue weighted by molar-refractivity contribution is 0.0592. The zero-order valence-electron chi connectivity index (χ0n) is 32.0. The summed E-state index contributed by atoms with van der Waals surface area (Å²) < 4.78 is 0. The van der Waals surface area contributed by atoms with Gasteiger partial charge in [-0.1, -0.05) is 64.5 Å². The minimum atomic E-state index is -0.216. The molecule has 0 bridgehead atoms. The van der Waals surface area contributed by atoms with E-state index in [1.54, 1.807) is 0 Å². The van der Waals surface area contributed by atoms with E-state index in [0.29, 0.717) is 35.3 Å². The maximum atomic E-state index is 14.6. The van der Waals surface area contributed by atoms with E-state index in [4.69, 9.17) is 0 Å². The molecule has 5 aromatic rings. The van der Waals surface area contributed by atoms with Gasteiger partial charge >= 0.3 is 0 Å². The van der Waals surface area contributed by atoms with Crippen LogP contribution in [-0.4, -0.2) is 72.7 Å². The number of fused-ring (bicyclic) bond motifs is 2. The standard InChI is InChI=1S/C46H52N4O4/c1-3-5-7-15-25-49-43(51)31-19-17-29-37-30(18-20-32(38(31)37)44(49)52)41-36(48-23-13-10-14-24-48)28-34-39-33(45(53)50(46(34)54)26-16-8-6-4-2)27-35(40(29)42(39)41)47-21-11-9-12-22-47/h17-20,27-28H,3-16,21-26H2,1-2H3. The van der Waals surface area contributed by atoms with Crippen LogP contribution >= 0.6 is 0 Å². The Morgan fingerprint density at radius 2 is 0.833 bits per heavy atom. The Morgan fingerprint density at radius 1 is 0.426 bits per heavy atom. The Labute approximate surface area is 317 Å². The molecule has 0 aliphatic carbocycles. The molecule has 2 saturated heterocycles. The van der Waals surface area contributed by atoms with Gasteiger partial charge in [-0.05, 0) is 91.8 Å². The highest BCUT2D eigenvalue weighted by molar-refractivity contribution is 6.44. The van der Waals surface area contributed by atoms with E-state index >= 15 is 0 Å². The molecule has 4 amide bonds. The Morgan fingerprint density at radius 3 is 1.26 bits per heavy atom. The number of hydrogen-bond acceptors (Lipinski definition) is 6. The van der Waals surface area contributed by atoms with Crippen molar-refractivity contribution in [2.24, 2.45) is 0 Å². The zero-order valence-corrected chi connectivity index (χ0v) is 32.0. The fourth-order valence-corrected chi connectivity index (χ4v) is 10.1. The summed E-state index contributed by atoms with van der Waals surface area (Å²) in [5.74, 6) is -0.827. The lowest BCUT2D eigenvalue weighted by Crippen LogP contribution is -2.41. The Kier molecular flexibility index (Phi) is 9.19. The average Bonchev–Trinajstić information content (AvgIpc) is 3.21. The fraction of sp³-hybridized carbons (Fsp3) is 0.478. The maximum absolute atomic E-state index is 14.6. The van der Waals surface area contributed by atoms with Gasteiger partial charge in [-0.25, -0.2) is 0 Å². The summed E-state index contributed by atoms with van der Waals surface area (Å²) in [5.41, 5.74) is 4.43. The number of nitrogens with zero attached hydrogens (tertiary/aromatic N) is 4. The zero-order chi connectivity index (χ0) is 37.1. The number of benzene rings is 5. The van der Waals surface area contributed by atoms with Gasteiger partial charge in [-0.3, -0.25) is 29.0 Å². The molecule has 8 heteroatoms. The van der Waals surface area contributed by atoms with E-state index in [9.17, 15) is 19.2 Å². The van der Waals surface area contributed by atoms with Crippen LogP contribution in [0.25, 0.3) is 43.1 Å². The van der Waals surface area contributed by atoms with Crippen LogP contribution in [0.2, 0.25) is 0 Å². The van der Waals surface area contributed by atoms with E-state index in [0.717, 1.165) is 158 Å². The van der Waals surface area contributed by atoms with Crippen molar-refractivity contribution in [1.82, 2.24) is 9.80 Å². The van der Waals surface area contributed by atoms with Crippen molar-refractivity contribution in [3.05, 3.63) is 58.7 Å². The molecule has 0 radical (unpaired) electrons. The van der Waals surface area contributed by atoms with Crippen molar-refractivity contribution in [1.29, 1.82) is 0 Å². The van der Waals surface area contributed by atoms with Gasteiger partial charge in [-0.2, -0.15) is 0 Å². The van der Waals surface area contributed by atoms with Gasteiger partial charge in [0.1, 0.15) is 0 Å². The number of hydrogen-bond donors (Lipinski definition) is 0. The smallest absolute Gasteiger partial charge is 0.261 e. The van der Waals surface area contributed by atoms with Crippen molar-refractivity contribution < 1.29 is 19.2 Å². The van der Waals surface area contributed by atoms with Gasteiger partial charge < -0.3 is 9.80 Å². The molecule has 0 spiro atoms. The molecule has 0 aromatic heterocycles. The molecule has 2 fully saturated rings. The Hall–Kier alpha value is -4.72. The van der Waals surface area contributed by atoms with Crippen molar-refractivity contribution in [2.45, 2.75) is 104 Å². The molecule has 4 heterocycles. The normalized spacial score (nSPS) is 17.8. The van der Waals surface area contributed by atoms with Gasteiger partial charge in [0.05, 0.1) is 11.1 Å². The molecule has 4 aliphatic heterocycles. The van der Waals surface area contributed by atoms with Crippen LogP contribution in [0.15, 0.2) is 36.4 Å². The quantitative estimate of drug-likeness (QED) is 0.0552. The third-order valence-electron chi connectivity index (χ3n) is 12.8.